The van der Waals surface area contributed by atoms with Crippen molar-refractivity contribution in [2.45, 2.75) is 24.9 Å². The number of ether oxygens (including phenoxy) is 1. The molecule has 5 heterocycles. The molecule has 0 amide bonds. The average Bonchev–Trinajstić information content (AvgIpc) is 3.42. The minimum absolute atomic E-state index is 0.297. The summed E-state index contributed by atoms with van der Waals surface area (Å²) in [6.07, 6.45) is 6.13. The standard InChI is InChI=1S/C23H27FN6O/c1-27-9-10-29-13-16-3-2-7-28(16)14-17(29)15-31-18-4-5-21(24)19(11-18)20-12-25-30-8-6-22(27)26-23(20)30/h4-6,8,11-12,16-17H,2-3,7,9-10,13-15H2,1H3/t16-,17?/m0/s1. The zero-order valence-electron chi connectivity index (χ0n) is 17.7. The average molecular weight is 423 g/mol. The SMILES string of the molecule is CN1CCN2C[C@@H]3CCCN3CC2COc2ccc(F)c(c2)-c2cnn3ccc1nc23. The molecule has 0 aliphatic carbocycles. The molecule has 0 radical (unpaired) electrons. The van der Waals surface area contributed by atoms with E-state index in [1.165, 1.54) is 25.5 Å². The zero-order chi connectivity index (χ0) is 20.9. The molecule has 1 unspecified atom stereocenters. The number of halogens is 1. The van der Waals surface area contributed by atoms with Crippen molar-refractivity contribution in [1.29, 1.82) is 0 Å². The van der Waals surface area contributed by atoms with E-state index in [1.54, 1.807) is 22.8 Å². The molecule has 162 valence electrons. The second-order valence-corrected chi connectivity index (χ2v) is 8.93. The summed E-state index contributed by atoms with van der Waals surface area (Å²) in [6.45, 7) is 5.73. The molecular weight excluding hydrogens is 395 g/mol. The van der Waals surface area contributed by atoms with Crippen LogP contribution in [0.2, 0.25) is 0 Å². The third-order valence-corrected chi connectivity index (χ3v) is 7.04. The normalized spacial score (nSPS) is 24.6. The number of benzene rings is 1. The lowest BCUT2D eigenvalue weighted by molar-refractivity contribution is 0.0293. The van der Waals surface area contributed by atoms with Gasteiger partial charge in [-0.25, -0.2) is 13.9 Å². The van der Waals surface area contributed by atoms with E-state index in [0.29, 0.717) is 41.2 Å². The quantitative estimate of drug-likeness (QED) is 0.555. The maximum absolute atomic E-state index is 14.8. The first-order valence-corrected chi connectivity index (χ1v) is 11.1. The summed E-state index contributed by atoms with van der Waals surface area (Å²) in [5.74, 6) is 1.26. The number of hydrogen-bond donors (Lipinski definition) is 0. The van der Waals surface area contributed by atoms with Crippen LogP contribution in [0, 0.1) is 5.82 Å². The van der Waals surface area contributed by atoms with Crippen LogP contribution in [0.5, 0.6) is 5.75 Å². The van der Waals surface area contributed by atoms with Gasteiger partial charge >= 0.3 is 0 Å². The summed E-state index contributed by atoms with van der Waals surface area (Å²) >= 11 is 0. The van der Waals surface area contributed by atoms with E-state index >= 15 is 0 Å². The van der Waals surface area contributed by atoms with Crippen LogP contribution >= 0.6 is 0 Å². The summed E-state index contributed by atoms with van der Waals surface area (Å²) in [7, 11) is 2.07. The molecule has 6 rings (SSSR count). The van der Waals surface area contributed by atoms with E-state index in [0.717, 1.165) is 32.0 Å². The van der Waals surface area contributed by atoms with Gasteiger partial charge in [0.15, 0.2) is 5.65 Å². The molecule has 1 aromatic carbocycles. The van der Waals surface area contributed by atoms with Crippen LogP contribution in [0.15, 0.2) is 36.7 Å². The predicted molar refractivity (Wildman–Crippen MR) is 117 cm³/mol. The fourth-order valence-electron chi connectivity index (χ4n) is 5.23. The minimum atomic E-state index is -0.297. The Kier molecular flexibility index (Phi) is 4.57. The Morgan fingerprint density at radius 3 is 2.84 bits per heavy atom. The van der Waals surface area contributed by atoms with Crippen LogP contribution in [0.4, 0.5) is 10.2 Å². The van der Waals surface area contributed by atoms with Crippen LogP contribution in [-0.4, -0.2) is 82.9 Å². The zero-order valence-corrected chi connectivity index (χ0v) is 17.7. The highest BCUT2D eigenvalue weighted by atomic mass is 19.1. The van der Waals surface area contributed by atoms with Crippen molar-refractivity contribution in [2.75, 3.05) is 51.3 Å². The third-order valence-electron chi connectivity index (χ3n) is 7.04. The fraction of sp³-hybridized carbons (Fsp3) is 0.478. The van der Waals surface area contributed by atoms with Crippen molar-refractivity contribution >= 4 is 11.5 Å². The molecule has 8 heteroatoms. The van der Waals surface area contributed by atoms with E-state index in [2.05, 4.69) is 26.8 Å². The van der Waals surface area contributed by atoms with Gasteiger partial charge in [-0.1, -0.05) is 0 Å². The third kappa shape index (κ3) is 3.34. The van der Waals surface area contributed by atoms with Gasteiger partial charge in [-0.15, -0.1) is 0 Å². The van der Waals surface area contributed by atoms with Crippen molar-refractivity contribution in [2.24, 2.45) is 0 Å². The van der Waals surface area contributed by atoms with E-state index in [4.69, 9.17) is 9.72 Å². The van der Waals surface area contributed by atoms with Gasteiger partial charge in [0.2, 0.25) is 0 Å². The van der Waals surface area contributed by atoms with Crippen LogP contribution < -0.4 is 9.64 Å². The molecule has 2 aromatic heterocycles. The fourth-order valence-corrected chi connectivity index (χ4v) is 5.23. The number of nitrogens with zero attached hydrogens (tertiary/aromatic N) is 6. The summed E-state index contributed by atoms with van der Waals surface area (Å²) in [5, 5.41) is 4.38. The summed E-state index contributed by atoms with van der Waals surface area (Å²) in [5.41, 5.74) is 1.79. The van der Waals surface area contributed by atoms with Crippen LogP contribution in [0.1, 0.15) is 12.8 Å². The van der Waals surface area contributed by atoms with Crippen LogP contribution in [-0.2, 0) is 0 Å². The predicted octanol–water partition coefficient (Wildman–Crippen LogP) is 2.51. The van der Waals surface area contributed by atoms with Gasteiger partial charge in [0.05, 0.1) is 12.2 Å². The first-order valence-electron chi connectivity index (χ1n) is 11.1. The van der Waals surface area contributed by atoms with Crippen molar-refractivity contribution in [3.63, 3.8) is 0 Å². The van der Waals surface area contributed by atoms with E-state index in [9.17, 15) is 4.39 Å². The Labute approximate surface area is 181 Å². The highest BCUT2D eigenvalue weighted by Crippen LogP contribution is 2.31. The van der Waals surface area contributed by atoms with Gasteiger partial charge in [-0.3, -0.25) is 9.80 Å². The summed E-state index contributed by atoms with van der Waals surface area (Å²) < 4.78 is 22.7. The molecule has 2 fully saturated rings. The number of hydrogen-bond acceptors (Lipinski definition) is 6. The Balaban J connectivity index is 1.42. The monoisotopic (exact) mass is 422 g/mol. The summed E-state index contributed by atoms with van der Waals surface area (Å²) in [6, 6.07) is 7.92. The van der Waals surface area contributed by atoms with Gasteiger partial charge in [-0.05, 0) is 43.7 Å². The molecule has 0 N–H and O–H groups in total. The van der Waals surface area contributed by atoms with Gasteiger partial charge in [-0.2, -0.15) is 5.10 Å². The molecule has 2 atom stereocenters. The van der Waals surface area contributed by atoms with Gasteiger partial charge in [0, 0.05) is 56.6 Å². The number of piperazine rings is 1. The van der Waals surface area contributed by atoms with Gasteiger partial charge in [0.1, 0.15) is 24.0 Å². The Morgan fingerprint density at radius 2 is 1.90 bits per heavy atom. The van der Waals surface area contributed by atoms with E-state index < -0.39 is 0 Å². The Hall–Kier alpha value is -2.71. The molecule has 0 spiro atoms. The topological polar surface area (TPSA) is 49.1 Å². The number of fused-ring (bicyclic) bond motifs is 6. The number of aromatic nitrogens is 3. The van der Waals surface area contributed by atoms with E-state index in [1.807, 2.05) is 12.3 Å². The number of likely N-dealkylation sites (N-methyl/N-ethyl adjacent to an activating group) is 1. The lowest BCUT2D eigenvalue weighted by atomic mass is 10.1. The molecule has 0 saturated carbocycles. The highest BCUT2D eigenvalue weighted by molar-refractivity contribution is 5.78. The van der Waals surface area contributed by atoms with Crippen molar-refractivity contribution in [3.05, 3.63) is 42.5 Å². The maximum atomic E-state index is 14.8. The lowest BCUT2D eigenvalue weighted by Crippen LogP contribution is -2.59. The largest absolute Gasteiger partial charge is 0.492 e. The Bertz CT molecular complexity index is 1120. The smallest absolute Gasteiger partial charge is 0.165 e. The maximum Gasteiger partial charge on any atom is 0.165 e. The second-order valence-electron chi connectivity index (χ2n) is 8.93. The van der Waals surface area contributed by atoms with Crippen molar-refractivity contribution in [3.8, 4) is 16.9 Å². The van der Waals surface area contributed by atoms with Crippen molar-refractivity contribution in [1.82, 2.24) is 24.4 Å². The molecule has 31 heavy (non-hydrogen) atoms. The van der Waals surface area contributed by atoms with Crippen LogP contribution in [0.25, 0.3) is 16.8 Å². The molecule has 3 aromatic rings. The minimum Gasteiger partial charge on any atom is -0.492 e. The first kappa shape index (κ1) is 19.0. The molecule has 3 aliphatic heterocycles. The lowest BCUT2D eigenvalue weighted by Gasteiger charge is -2.44. The Morgan fingerprint density at radius 1 is 1.03 bits per heavy atom. The summed E-state index contributed by atoms with van der Waals surface area (Å²) in [4.78, 5) is 12.2. The highest BCUT2D eigenvalue weighted by Gasteiger charge is 2.36. The van der Waals surface area contributed by atoms with Gasteiger partial charge in [0.25, 0.3) is 0 Å². The molecular formula is C23H27FN6O. The van der Waals surface area contributed by atoms with Crippen molar-refractivity contribution < 1.29 is 9.13 Å². The molecule has 7 nitrogen and oxygen atoms in total. The first-order chi connectivity index (χ1) is 15.2. The number of rotatable bonds is 0. The second kappa shape index (κ2) is 7.46. The van der Waals surface area contributed by atoms with Crippen LogP contribution in [0.3, 0.4) is 0 Å². The van der Waals surface area contributed by atoms with Gasteiger partial charge < -0.3 is 9.64 Å². The van der Waals surface area contributed by atoms with E-state index in [-0.39, 0.29) is 5.82 Å². The molecule has 3 aliphatic rings. The number of anilines is 1. The molecule has 2 saturated heterocycles. The molecule has 4 bridgehead atoms.